The van der Waals surface area contributed by atoms with Crippen molar-refractivity contribution in [2.75, 3.05) is 6.61 Å². The summed E-state index contributed by atoms with van der Waals surface area (Å²) in [5.41, 5.74) is 2.06. The molecule has 0 N–H and O–H groups in total. The zero-order chi connectivity index (χ0) is 19.6. The van der Waals surface area contributed by atoms with Gasteiger partial charge in [0.25, 0.3) is 0 Å². The van der Waals surface area contributed by atoms with Gasteiger partial charge in [0.2, 0.25) is 9.84 Å². The van der Waals surface area contributed by atoms with Crippen LogP contribution >= 0.6 is 11.3 Å². The Kier molecular flexibility index (Phi) is 4.86. The van der Waals surface area contributed by atoms with Crippen LogP contribution < -0.4 is 4.74 Å². The normalized spacial score (nSPS) is 13.8. The third kappa shape index (κ3) is 3.38. The van der Waals surface area contributed by atoms with E-state index in [-0.39, 0.29) is 9.80 Å². The number of nitriles is 1. The fraction of sp³-hybridized carbons (Fsp3) is 0.0455. The van der Waals surface area contributed by atoms with Gasteiger partial charge in [-0.3, -0.25) is 0 Å². The first-order chi connectivity index (χ1) is 13.6. The smallest absolute Gasteiger partial charge is 0.216 e. The molecule has 0 spiro atoms. The molecule has 28 heavy (non-hydrogen) atoms. The van der Waals surface area contributed by atoms with E-state index >= 15 is 0 Å². The molecule has 0 bridgehead atoms. The lowest BCUT2D eigenvalue weighted by Crippen LogP contribution is -2.04. The number of para-hydroxylation sites is 1. The largest absolute Gasteiger partial charge is 0.489 e. The van der Waals surface area contributed by atoms with Crippen molar-refractivity contribution >= 4 is 32.8 Å². The molecule has 0 atom stereocenters. The maximum absolute atomic E-state index is 12.7. The number of nitrogens with zero attached hydrogens (tertiary/aromatic N) is 1. The van der Waals surface area contributed by atoms with E-state index in [1.165, 1.54) is 29.5 Å². The van der Waals surface area contributed by atoms with Gasteiger partial charge >= 0.3 is 0 Å². The van der Waals surface area contributed by atoms with Gasteiger partial charge in [0, 0.05) is 20.9 Å². The summed E-state index contributed by atoms with van der Waals surface area (Å²) in [4.78, 5) is 1.54. The zero-order valence-corrected chi connectivity index (χ0v) is 16.3. The summed E-state index contributed by atoms with van der Waals surface area (Å²) < 4.78 is 31.1. The van der Waals surface area contributed by atoms with Gasteiger partial charge < -0.3 is 4.74 Å². The van der Waals surface area contributed by atoms with Crippen LogP contribution in [0.1, 0.15) is 15.3 Å². The first-order valence-electron chi connectivity index (χ1n) is 8.54. The first kappa shape index (κ1) is 18.2. The van der Waals surface area contributed by atoms with Crippen molar-refractivity contribution in [1.29, 1.82) is 5.26 Å². The third-order valence-electron chi connectivity index (χ3n) is 4.32. The molecule has 0 aliphatic carbocycles. The molecule has 0 fully saturated rings. The van der Waals surface area contributed by atoms with Crippen LogP contribution in [0.2, 0.25) is 0 Å². The molecule has 0 saturated carbocycles. The Morgan fingerprint density at radius 1 is 1.04 bits per heavy atom. The minimum atomic E-state index is -3.84. The Hall–Kier alpha value is -3.14. The molecular weight excluding hydrogens is 390 g/mol. The van der Waals surface area contributed by atoms with Crippen LogP contribution in [0.3, 0.4) is 0 Å². The molecule has 138 valence electrons. The summed E-state index contributed by atoms with van der Waals surface area (Å²) >= 11 is 1.44. The van der Waals surface area contributed by atoms with Gasteiger partial charge in [0.15, 0.2) is 4.91 Å². The van der Waals surface area contributed by atoms with Crippen LogP contribution in [0.5, 0.6) is 5.75 Å². The minimum absolute atomic E-state index is 0.112. The number of thiophene rings is 1. The Bertz CT molecular complexity index is 1230. The molecule has 0 unspecified atom stereocenters. The van der Waals surface area contributed by atoms with E-state index in [1.54, 1.807) is 18.2 Å². The summed E-state index contributed by atoms with van der Waals surface area (Å²) in [6.45, 7) is 0.487. The highest BCUT2D eigenvalue weighted by Crippen LogP contribution is 2.37. The van der Waals surface area contributed by atoms with Crippen molar-refractivity contribution < 1.29 is 13.2 Å². The molecule has 6 heteroatoms. The van der Waals surface area contributed by atoms with E-state index in [9.17, 15) is 13.7 Å². The van der Waals surface area contributed by atoms with Crippen LogP contribution in [0.4, 0.5) is 0 Å². The monoisotopic (exact) mass is 405 g/mol. The maximum atomic E-state index is 12.7. The molecule has 1 aliphatic rings. The highest BCUT2D eigenvalue weighted by Gasteiger charge is 2.21. The van der Waals surface area contributed by atoms with Crippen molar-refractivity contribution in [1.82, 2.24) is 0 Å². The topological polar surface area (TPSA) is 67.2 Å². The Morgan fingerprint density at radius 3 is 2.57 bits per heavy atom. The predicted octanol–water partition coefficient (Wildman–Crippen LogP) is 4.91. The molecule has 0 radical (unpaired) electrons. The van der Waals surface area contributed by atoms with E-state index in [0.29, 0.717) is 11.5 Å². The fourth-order valence-electron chi connectivity index (χ4n) is 2.97. The zero-order valence-electron chi connectivity index (χ0n) is 14.7. The number of ether oxygens (including phenoxy) is 1. The highest BCUT2D eigenvalue weighted by molar-refractivity contribution is 7.95. The molecule has 4 nitrogen and oxygen atoms in total. The molecule has 0 saturated heterocycles. The van der Waals surface area contributed by atoms with Crippen LogP contribution in [-0.4, -0.2) is 15.0 Å². The number of sulfone groups is 1. The first-order valence-corrected chi connectivity index (χ1v) is 10.8. The average Bonchev–Trinajstić information content (AvgIpc) is 3.20. The number of hydrogen-bond donors (Lipinski definition) is 0. The molecule has 1 aromatic heterocycles. The standard InChI is InChI=1S/C22H15NO3S2/c23-15-18(28(24,25)17-6-2-1-3-7-17)14-16-10-11-22(27-16)20-12-13-26-21-9-5-4-8-19(20)21/h1-12,14H,13H2. The lowest BCUT2D eigenvalue weighted by atomic mass is 10.0. The predicted molar refractivity (Wildman–Crippen MR) is 111 cm³/mol. The minimum Gasteiger partial charge on any atom is -0.489 e. The van der Waals surface area contributed by atoms with Crippen molar-refractivity contribution in [3.05, 3.63) is 93.0 Å². The van der Waals surface area contributed by atoms with Gasteiger partial charge in [0.05, 0.1) is 4.90 Å². The Labute approximate surface area is 167 Å². The van der Waals surface area contributed by atoms with E-state index in [2.05, 4.69) is 0 Å². The second-order valence-electron chi connectivity index (χ2n) is 6.06. The summed E-state index contributed by atoms with van der Waals surface area (Å²) in [5.74, 6) is 0.829. The summed E-state index contributed by atoms with van der Waals surface area (Å²) in [6.07, 6.45) is 3.44. The third-order valence-corrected chi connectivity index (χ3v) is 7.07. The van der Waals surface area contributed by atoms with Crippen molar-refractivity contribution in [3.63, 3.8) is 0 Å². The lowest BCUT2D eigenvalue weighted by Gasteiger charge is -2.17. The SMILES string of the molecule is N#CC(=Cc1ccc(C2=CCOc3ccccc32)s1)S(=O)(=O)c1ccccc1. The summed E-state index contributed by atoms with van der Waals surface area (Å²) in [7, 11) is -3.84. The van der Waals surface area contributed by atoms with Crippen LogP contribution in [0, 0.1) is 11.3 Å². The molecule has 0 amide bonds. The molecule has 3 aromatic rings. The van der Waals surface area contributed by atoms with Gasteiger partial charge in [-0.1, -0.05) is 36.4 Å². The number of benzene rings is 2. The fourth-order valence-corrected chi connectivity index (χ4v) is 5.23. The maximum Gasteiger partial charge on any atom is 0.216 e. The molecule has 2 aromatic carbocycles. The molecular formula is C22H15NO3S2. The lowest BCUT2D eigenvalue weighted by molar-refractivity contribution is 0.357. The number of fused-ring (bicyclic) bond motifs is 1. The van der Waals surface area contributed by atoms with Gasteiger partial charge in [-0.05, 0) is 42.5 Å². The van der Waals surface area contributed by atoms with Gasteiger partial charge in [-0.15, -0.1) is 11.3 Å². The van der Waals surface area contributed by atoms with Gasteiger partial charge in [0.1, 0.15) is 18.4 Å². The van der Waals surface area contributed by atoms with Crippen LogP contribution in [-0.2, 0) is 9.84 Å². The van der Waals surface area contributed by atoms with E-state index < -0.39 is 9.84 Å². The number of rotatable bonds is 4. The molecule has 2 heterocycles. The second-order valence-corrected chi connectivity index (χ2v) is 9.10. The number of allylic oxidation sites excluding steroid dienone is 1. The molecule has 4 rings (SSSR count). The van der Waals surface area contributed by atoms with Gasteiger partial charge in [-0.25, -0.2) is 8.42 Å². The quantitative estimate of drug-likeness (QED) is 0.579. The molecule has 1 aliphatic heterocycles. The summed E-state index contributed by atoms with van der Waals surface area (Å²) in [5, 5.41) is 9.45. The Balaban J connectivity index is 1.70. The van der Waals surface area contributed by atoms with Crippen LogP contribution in [0.25, 0.3) is 11.6 Å². The summed E-state index contributed by atoms with van der Waals surface area (Å²) in [6, 6.07) is 21.4. The van der Waals surface area contributed by atoms with Crippen molar-refractivity contribution in [3.8, 4) is 11.8 Å². The van der Waals surface area contributed by atoms with E-state index in [1.807, 2.05) is 48.5 Å². The Morgan fingerprint density at radius 2 is 1.79 bits per heavy atom. The van der Waals surface area contributed by atoms with Crippen molar-refractivity contribution in [2.24, 2.45) is 0 Å². The van der Waals surface area contributed by atoms with Crippen molar-refractivity contribution in [2.45, 2.75) is 4.90 Å². The highest BCUT2D eigenvalue weighted by atomic mass is 32.2. The van der Waals surface area contributed by atoms with Gasteiger partial charge in [-0.2, -0.15) is 5.26 Å². The van der Waals surface area contributed by atoms with E-state index in [0.717, 1.165) is 21.8 Å². The van der Waals surface area contributed by atoms with Crippen LogP contribution in [0.15, 0.2) is 82.6 Å². The van der Waals surface area contributed by atoms with E-state index in [4.69, 9.17) is 4.74 Å². The second kappa shape index (κ2) is 7.47. The number of hydrogen-bond acceptors (Lipinski definition) is 5. The average molecular weight is 406 g/mol.